The van der Waals surface area contributed by atoms with Crippen LogP contribution in [0.2, 0.25) is 0 Å². The van der Waals surface area contributed by atoms with Gasteiger partial charge in [-0.15, -0.1) is 0 Å². The highest BCUT2D eigenvalue weighted by molar-refractivity contribution is 5.76. The van der Waals surface area contributed by atoms with Gasteiger partial charge in [0.2, 0.25) is 0 Å². The van der Waals surface area contributed by atoms with E-state index in [0.717, 1.165) is 0 Å². The summed E-state index contributed by atoms with van der Waals surface area (Å²) >= 11 is 0. The summed E-state index contributed by atoms with van der Waals surface area (Å²) in [4.78, 5) is 11.1. The molecule has 14 heavy (non-hydrogen) atoms. The summed E-state index contributed by atoms with van der Waals surface area (Å²) in [5, 5.41) is 9.09. The van der Waals surface area contributed by atoms with Crippen LogP contribution in [0, 0.1) is 11.8 Å². The normalized spacial score (nSPS) is 20.9. The molecule has 1 aliphatic carbocycles. The molecule has 1 rings (SSSR count). The first kappa shape index (κ1) is 11.5. The van der Waals surface area contributed by atoms with Gasteiger partial charge in [-0.3, -0.25) is 0 Å². The number of carbonyl (C=O) groups is 1. The highest BCUT2D eigenvalue weighted by Crippen LogP contribution is 2.32. The Morgan fingerprint density at radius 2 is 2.14 bits per heavy atom. The topological polar surface area (TPSA) is 46.5 Å². The summed E-state index contributed by atoms with van der Waals surface area (Å²) in [6, 6.07) is 0. The summed E-state index contributed by atoms with van der Waals surface area (Å²) in [7, 11) is 0. The van der Waals surface area contributed by atoms with Crippen molar-refractivity contribution in [3.05, 3.63) is 0 Å². The average molecular weight is 200 g/mol. The molecule has 1 unspecified atom stereocenters. The quantitative estimate of drug-likeness (QED) is 0.715. The van der Waals surface area contributed by atoms with Crippen molar-refractivity contribution in [2.75, 3.05) is 6.61 Å². The number of aliphatic carboxylic acids is 1. The lowest BCUT2D eigenvalue weighted by Gasteiger charge is -2.27. The van der Waals surface area contributed by atoms with Gasteiger partial charge >= 0.3 is 5.97 Å². The molecule has 0 radical (unpaired) electrons. The Hall–Kier alpha value is -0.570. The standard InChI is InChI=1S/C11H20O3/c1-8(2)6-11(3,10(12)13)14-7-9-4-5-9/h8-9H,4-7H2,1-3H3,(H,12,13). The molecule has 0 bridgehead atoms. The van der Waals surface area contributed by atoms with E-state index in [9.17, 15) is 4.79 Å². The minimum absolute atomic E-state index is 0.343. The first-order chi connectivity index (χ1) is 6.44. The highest BCUT2D eigenvalue weighted by atomic mass is 16.5. The van der Waals surface area contributed by atoms with Gasteiger partial charge < -0.3 is 9.84 Å². The van der Waals surface area contributed by atoms with E-state index in [-0.39, 0.29) is 0 Å². The van der Waals surface area contributed by atoms with Gasteiger partial charge in [0.1, 0.15) is 0 Å². The van der Waals surface area contributed by atoms with Gasteiger partial charge in [-0.25, -0.2) is 4.79 Å². The number of carboxylic acid groups (broad SMARTS) is 1. The average Bonchev–Trinajstić information content (AvgIpc) is 2.82. The molecule has 82 valence electrons. The smallest absolute Gasteiger partial charge is 0.335 e. The maximum atomic E-state index is 11.1. The molecule has 1 aliphatic rings. The van der Waals surface area contributed by atoms with Crippen LogP contribution in [0.1, 0.15) is 40.0 Å². The molecule has 0 amide bonds. The van der Waals surface area contributed by atoms with Gasteiger partial charge in [0.05, 0.1) is 6.61 Å². The molecule has 0 heterocycles. The fourth-order valence-electron chi connectivity index (χ4n) is 1.57. The number of ether oxygens (including phenoxy) is 1. The second-order valence-corrected chi connectivity index (χ2v) is 4.89. The summed E-state index contributed by atoms with van der Waals surface area (Å²) in [5.74, 6) is 0.114. The maximum Gasteiger partial charge on any atom is 0.335 e. The monoisotopic (exact) mass is 200 g/mol. The molecule has 3 nitrogen and oxygen atoms in total. The van der Waals surface area contributed by atoms with Crippen molar-refractivity contribution >= 4 is 5.97 Å². The molecule has 3 heteroatoms. The first-order valence-corrected chi connectivity index (χ1v) is 5.31. The highest BCUT2D eigenvalue weighted by Gasteiger charge is 2.36. The second kappa shape index (κ2) is 4.30. The van der Waals surface area contributed by atoms with Crippen LogP contribution in [-0.4, -0.2) is 23.3 Å². The number of rotatable bonds is 6. The Balaban J connectivity index is 2.45. The van der Waals surface area contributed by atoms with Gasteiger partial charge in [0, 0.05) is 0 Å². The van der Waals surface area contributed by atoms with Crippen molar-refractivity contribution in [1.29, 1.82) is 0 Å². The second-order valence-electron chi connectivity index (χ2n) is 4.89. The molecule has 0 aromatic rings. The van der Waals surface area contributed by atoms with E-state index in [1.807, 2.05) is 13.8 Å². The van der Waals surface area contributed by atoms with Gasteiger partial charge in [0.25, 0.3) is 0 Å². The minimum atomic E-state index is -0.989. The largest absolute Gasteiger partial charge is 0.479 e. The van der Waals surface area contributed by atoms with Gasteiger partial charge in [-0.05, 0) is 38.0 Å². The molecule has 1 atom stereocenters. The SMILES string of the molecule is CC(C)CC(C)(OCC1CC1)C(=O)O. The van der Waals surface area contributed by atoms with Crippen molar-refractivity contribution in [2.45, 2.75) is 45.6 Å². The molecule has 0 aromatic carbocycles. The summed E-state index contributed by atoms with van der Waals surface area (Å²) < 4.78 is 5.53. The van der Waals surface area contributed by atoms with Crippen molar-refractivity contribution in [3.8, 4) is 0 Å². The molecular formula is C11H20O3. The molecule has 0 spiro atoms. The van der Waals surface area contributed by atoms with E-state index < -0.39 is 11.6 Å². The predicted octanol–water partition coefficient (Wildman–Crippen LogP) is 2.30. The fourth-order valence-corrected chi connectivity index (χ4v) is 1.57. The van der Waals surface area contributed by atoms with Crippen molar-refractivity contribution in [1.82, 2.24) is 0 Å². The van der Waals surface area contributed by atoms with Gasteiger partial charge in [0.15, 0.2) is 5.60 Å². The van der Waals surface area contributed by atoms with Gasteiger partial charge in [-0.2, -0.15) is 0 Å². The molecule has 1 saturated carbocycles. The summed E-state index contributed by atoms with van der Waals surface area (Å²) in [6.07, 6.45) is 2.96. The zero-order chi connectivity index (χ0) is 10.8. The number of hydrogen-bond acceptors (Lipinski definition) is 2. The fraction of sp³-hybridized carbons (Fsp3) is 0.909. The third-order valence-electron chi connectivity index (χ3n) is 2.58. The van der Waals surface area contributed by atoms with Crippen molar-refractivity contribution in [3.63, 3.8) is 0 Å². The lowest BCUT2D eigenvalue weighted by atomic mass is 9.94. The molecular weight excluding hydrogens is 180 g/mol. The lowest BCUT2D eigenvalue weighted by Crippen LogP contribution is -2.40. The molecule has 1 fully saturated rings. The summed E-state index contributed by atoms with van der Waals surface area (Å²) in [5.41, 5.74) is -0.989. The third kappa shape index (κ3) is 3.29. The van der Waals surface area contributed by atoms with Crippen molar-refractivity contribution in [2.24, 2.45) is 11.8 Å². The Kier molecular flexibility index (Phi) is 3.53. The van der Waals surface area contributed by atoms with Crippen molar-refractivity contribution < 1.29 is 14.6 Å². The molecule has 0 aromatic heterocycles. The molecule has 1 N–H and O–H groups in total. The third-order valence-corrected chi connectivity index (χ3v) is 2.58. The zero-order valence-corrected chi connectivity index (χ0v) is 9.25. The molecule has 0 saturated heterocycles. The van der Waals surface area contributed by atoms with E-state index in [2.05, 4.69) is 0 Å². The minimum Gasteiger partial charge on any atom is -0.479 e. The van der Waals surface area contributed by atoms with Crippen LogP contribution in [-0.2, 0) is 9.53 Å². The Bertz CT molecular complexity index is 209. The Morgan fingerprint density at radius 3 is 2.50 bits per heavy atom. The predicted molar refractivity (Wildman–Crippen MR) is 54.2 cm³/mol. The van der Waals surface area contributed by atoms with Gasteiger partial charge in [-0.1, -0.05) is 13.8 Å². The first-order valence-electron chi connectivity index (χ1n) is 5.31. The van der Waals surface area contributed by atoms with E-state index in [1.54, 1.807) is 6.92 Å². The van der Waals surface area contributed by atoms with Crippen LogP contribution in [0.5, 0.6) is 0 Å². The van der Waals surface area contributed by atoms with E-state index >= 15 is 0 Å². The van der Waals surface area contributed by atoms with Crippen LogP contribution < -0.4 is 0 Å². The van der Waals surface area contributed by atoms with Crippen LogP contribution in [0.3, 0.4) is 0 Å². The maximum absolute atomic E-state index is 11.1. The summed E-state index contributed by atoms with van der Waals surface area (Å²) in [6.45, 7) is 6.32. The Labute approximate surface area is 85.5 Å². The van der Waals surface area contributed by atoms with Crippen LogP contribution in [0.25, 0.3) is 0 Å². The van der Waals surface area contributed by atoms with Crippen LogP contribution in [0.15, 0.2) is 0 Å². The lowest BCUT2D eigenvalue weighted by molar-refractivity contribution is -0.166. The Morgan fingerprint density at radius 1 is 1.57 bits per heavy atom. The van der Waals surface area contributed by atoms with E-state index in [0.29, 0.717) is 24.9 Å². The van der Waals surface area contributed by atoms with Crippen LogP contribution in [0.4, 0.5) is 0 Å². The number of carboxylic acids is 1. The van der Waals surface area contributed by atoms with E-state index in [4.69, 9.17) is 9.84 Å². The van der Waals surface area contributed by atoms with Crippen LogP contribution >= 0.6 is 0 Å². The number of hydrogen-bond donors (Lipinski definition) is 1. The zero-order valence-electron chi connectivity index (χ0n) is 9.25. The molecule has 0 aliphatic heterocycles. The van der Waals surface area contributed by atoms with E-state index in [1.165, 1.54) is 12.8 Å².